The molecule has 0 unspecified atom stereocenters. The number of benzene rings is 1. The molecule has 4 nitrogen and oxygen atoms in total. The Morgan fingerprint density at radius 2 is 2.00 bits per heavy atom. The molecule has 0 saturated carbocycles. The van der Waals surface area contributed by atoms with Gasteiger partial charge in [-0.15, -0.1) is 0 Å². The number of rotatable bonds is 2. The van der Waals surface area contributed by atoms with Crippen molar-refractivity contribution in [3.05, 3.63) is 45.5 Å². The fourth-order valence-corrected chi connectivity index (χ4v) is 1.78. The molecule has 4 heteroatoms. The lowest BCUT2D eigenvalue weighted by Crippen LogP contribution is -1.99. The van der Waals surface area contributed by atoms with Crippen LogP contribution in [-0.2, 0) is 0 Å². The number of nitro benzene ring substituents is 1. The van der Waals surface area contributed by atoms with Gasteiger partial charge in [-0.05, 0) is 35.8 Å². The summed E-state index contributed by atoms with van der Waals surface area (Å²) in [4.78, 5) is 14.3. The molecule has 1 aliphatic rings. The molecule has 82 valence electrons. The molecular weight excluding hydrogens is 204 g/mol. The third kappa shape index (κ3) is 2.00. The third-order valence-corrected chi connectivity index (χ3v) is 2.69. The normalized spacial score (nSPS) is 15.3. The predicted octanol–water partition coefficient (Wildman–Crippen LogP) is 2.84. The number of hydrogen-bond donors (Lipinski definition) is 0. The highest BCUT2D eigenvalue weighted by Crippen LogP contribution is 2.25. The molecule has 1 heterocycles. The highest BCUT2D eigenvalue weighted by atomic mass is 16.6. The van der Waals surface area contributed by atoms with Gasteiger partial charge in [0.15, 0.2) is 0 Å². The van der Waals surface area contributed by atoms with E-state index in [0.29, 0.717) is 0 Å². The number of dihydropyridines is 1. The predicted molar refractivity (Wildman–Crippen MR) is 63.7 cm³/mol. The standard InChI is InChI=1S/C12H12N2O2/c1-9-8-13-7-6-12(9)10-2-4-11(5-3-10)14(15)16/h2-5,7H,6,8H2,1H3. The lowest BCUT2D eigenvalue weighted by molar-refractivity contribution is -0.384. The fraction of sp³-hybridized carbons (Fsp3) is 0.250. The quantitative estimate of drug-likeness (QED) is 0.563. The second-order valence-electron chi connectivity index (χ2n) is 3.79. The second-order valence-corrected chi connectivity index (χ2v) is 3.79. The zero-order chi connectivity index (χ0) is 11.5. The number of nitro groups is 1. The van der Waals surface area contributed by atoms with Crippen LogP contribution in [0.1, 0.15) is 18.9 Å². The Balaban J connectivity index is 2.31. The molecule has 0 bridgehead atoms. The molecule has 0 amide bonds. The van der Waals surface area contributed by atoms with Crippen molar-refractivity contribution in [1.82, 2.24) is 0 Å². The molecule has 16 heavy (non-hydrogen) atoms. The van der Waals surface area contributed by atoms with Crippen LogP contribution in [0.25, 0.3) is 5.57 Å². The van der Waals surface area contributed by atoms with E-state index in [9.17, 15) is 10.1 Å². The highest BCUT2D eigenvalue weighted by molar-refractivity contribution is 5.83. The van der Waals surface area contributed by atoms with Crippen LogP contribution in [-0.4, -0.2) is 17.7 Å². The molecule has 0 N–H and O–H groups in total. The number of nitrogens with zero attached hydrogens (tertiary/aromatic N) is 2. The van der Waals surface area contributed by atoms with E-state index in [4.69, 9.17) is 0 Å². The summed E-state index contributed by atoms with van der Waals surface area (Å²) in [5, 5.41) is 10.5. The summed E-state index contributed by atoms with van der Waals surface area (Å²) < 4.78 is 0. The lowest BCUT2D eigenvalue weighted by atomic mass is 9.96. The number of hydrogen-bond acceptors (Lipinski definition) is 3. The van der Waals surface area contributed by atoms with Crippen molar-refractivity contribution in [2.24, 2.45) is 4.99 Å². The average molecular weight is 216 g/mol. The maximum Gasteiger partial charge on any atom is 0.269 e. The Hall–Kier alpha value is -1.97. The van der Waals surface area contributed by atoms with Gasteiger partial charge in [0.2, 0.25) is 0 Å². The van der Waals surface area contributed by atoms with Gasteiger partial charge in [-0.2, -0.15) is 0 Å². The minimum absolute atomic E-state index is 0.131. The second kappa shape index (κ2) is 4.26. The van der Waals surface area contributed by atoms with Crippen molar-refractivity contribution in [1.29, 1.82) is 0 Å². The fourth-order valence-electron chi connectivity index (χ4n) is 1.78. The summed E-state index contributed by atoms with van der Waals surface area (Å²) in [5.74, 6) is 0. The van der Waals surface area contributed by atoms with Gasteiger partial charge < -0.3 is 0 Å². The number of aliphatic imine (C=N–C) groups is 1. The number of non-ortho nitro benzene ring substituents is 1. The largest absolute Gasteiger partial charge is 0.293 e. The van der Waals surface area contributed by atoms with Crippen LogP contribution in [0.2, 0.25) is 0 Å². The van der Waals surface area contributed by atoms with E-state index < -0.39 is 0 Å². The van der Waals surface area contributed by atoms with E-state index in [2.05, 4.69) is 4.99 Å². The van der Waals surface area contributed by atoms with E-state index in [0.717, 1.165) is 18.5 Å². The van der Waals surface area contributed by atoms with Gasteiger partial charge in [-0.25, -0.2) is 0 Å². The zero-order valence-corrected chi connectivity index (χ0v) is 9.01. The van der Waals surface area contributed by atoms with Gasteiger partial charge >= 0.3 is 0 Å². The van der Waals surface area contributed by atoms with Gasteiger partial charge in [-0.3, -0.25) is 15.1 Å². The minimum Gasteiger partial charge on any atom is -0.293 e. The first-order valence-electron chi connectivity index (χ1n) is 5.10. The smallest absolute Gasteiger partial charge is 0.269 e. The van der Waals surface area contributed by atoms with Gasteiger partial charge in [-0.1, -0.05) is 0 Å². The van der Waals surface area contributed by atoms with Crippen LogP contribution < -0.4 is 0 Å². The van der Waals surface area contributed by atoms with Gasteiger partial charge in [0.1, 0.15) is 0 Å². The van der Waals surface area contributed by atoms with Crippen LogP contribution in [0, 0.1) is 10.1 Å². The first kappa shape index (κ1) is 10.5. The highest BCUT2D eigenvalue weighted by Gasteiger charge is 2.10. The molecule has 0 radical (unpaired) electrons. The van der Waals surface area contributed by atoms with Gasteiger partial charge in [0, 0.05) is 24.8 Å². The van der Waals surface area contributed by atoms with Crippen LogP contribution >= 0.6 is 0 Å². The van der Waals surface area contributed by atoms with Gasteiger partial charge in [0.25, 0.3) is 5.69 Å². The summed E-state index contributed by atoms with van der Waals surface area (Å²) in [5.41, 5.74) is 3.64. The van der Waals surface area contributed by atoms with Crippen LogP contribution in [0.15, 0.2) is 34.8 Å². The number of allylic oxidation sites excluding steroid dienone is 1. The summed E-state index contributed by atoms with van der Waals surface area (Å²) >= 11 is 0. The zero-order valence-electron chi connectivity index (χ0n) is 9.01. The van der Waals surface area contributed by atoms with Crippen LogP contribution in [0.5, 0.6) is 0 Å². The molecule has 2 rings (SSSR count). The summed E-state index contributed by atoms with van der Waals surface area (Å²) in [6, 6.07) is 6.69. The monoisotopic (exact) mass is 216 g/mol. The molecule has 0 atom stereocenters. The van der Waals surface area contributed by atoms with Crippen molar-refractivity contribution in [3.63, 3.8) is 0 Å². The van der Waals surface area contributed by atoms with Crippen molar-refractivity contribution in [2.75, 3.05) is 6.54 Å². The lowest BCUT2D eigenvalue weighted by Gasteiger charge is -2.13. The average Bonchev–Trinajstić information content (AvgIpc) is 2.30. The van der Waals surface area contributed by atoms with E-state index in [1.165, 1.54) is 11.1 Å². The topological polar surface area (TPSA) is 55.5 Å². The SMILES string of the molecule is CC1=C(c2ccc([N+](=O)[O-])cc2)CC=NC1. The Labute approximate surface area is 93.5 Å². The maximum atomic E-state index is 10.5. The molecular formula is C12H12N2O2. The Bertz CT molecular complexity index is 472. The summed E-state index contributed by atoms with van der Waals surface area (Å²) in [7, 11) is 0. The van der Waals surface area contributed by atoms with E-state index >= 15 is 0 Å². The molecule has 0 saturated heterocycles. The van der Waals surface area contributed by atoms with E-state index in [1.54, 1.807) is 24.3 Å². The molecule has 0 spiro atoms. The van der Waals surface area contributed by atoms with Crippen molar-refractivity contribution in [3.8, 4) is 0 Å². The Kier molecular flexibility index (Phi) is 2.81. The van der Waals surface area contributed by atoms with E-state index in [-0.39, 0.29) is 10.6 Å². The first-order chi connectivity index (χ1) is 7.68. The van der Waals surface area contributed by atoms with Crippen molar-refractivity contribution >= 4 is 17.5 Å². The Morgan fingerprint density at radius 1 is 1.31 bits per heavy atom. The maximum absolute atomic E-state index is 10.5. The summed E-state index contributed by atoms with van der Waals surface area (Å²) in [6.07, 6.45) is 2.70. The third-order valence-electron chi connectivity index (χ3n) is 2.69. The molecule has 0 fully saturated rings. The van der Waals surface area contributed by atoms with Crippen molar-refractivity contribution < 1.29 is 4.92 Å². The van der Waals surface area contributed by atoms with Crippen LogP contribution in [0.3, 0.4) is 0 Å². The first-order valence-corrected chi connectivity index (χ1v) is 5.10. The van der Waals surface area contributed by atoms with E-state index in [1.807, 2.05) is 13.1 Å². The molecule has 0 aromatic heterocycles. The Morgan fingerprint density at radius 3 is 2.56 bits per heavy atom. The van der Waals surface area contributed by atoms with Crippen molar-refractivity contribution in [2.45, 2.75) is 13.3 Å². The summed E-state index contributed by atoms with van der Waals surface area (Å²) in [6.45, 7) is 2.78. The molecule has 0 aliphatic carbocycles. The minimum atomic E-state index is -0.382. The molecule has 1 aliphatic heterocycles. The molecule has 1 aromatic rings. The van der Waals surface area contributed by atoms with Crippen LogP contribution in [0.4, 0.5) is 5.69 Å². The van der Waals surface area contributed by atoms with Gasteiger partial charge in [0.05, 0.1) is 11.5 Å². The molecule has 1 aromatic carbocycles.